The number of benzene rings is 1. The zero-order valence-electron chi connectivity index (χ0n) is 9.79. The SMILES string of the molecule is COP(=O)(OC)OCOc1ccc(Br)cc1C=O. The van der Waals surface area contributed by atoms with Crippen molar-refractivity contribution in [2.24, 2.45) is 0 Å². The Morgan fingerprint density at radius 2 is 2.00 bits per heavy atom. The minimum atomic E-state index is -3.57. The largest absolute Gasteiger partial charge is 0.477 e. The van der Waals surface area contributed by atoms with Crippen LogP contribution in [0.5, 0.6) is 5.75 Å². The van der Waals surface area contributed by atoms with Crippen molar-refractivity contribution in [3.8, 4) is 5.75 Å². The number of phosphoric ester groups is 1. The van der Waals surface area contributed by atoms with Crippen molar-refractivity contribution in [1.82, 2.24) is 0 Å². The highest BCUT2D eigenvalue weighted by Gasteiger charge is 2.22. The molecule has 1 aromatic carbocycles. The second-order valence-electron chi connectivity index (χ2n) is 3.00. The zero-order valence-corrected chi connectivity index (χ0v) is 12.3. The molecule has 0 bridgehead atoms. The highest BCUT2D eigenvalue weighted by Crippen LogP contribution is 2.47. The first-order chi connectivity index (χ1) is 8.54. The summed E-state index contributed by atoms with van der Waals surface area (Å²) in [4.78, 5) is 10.8. The number of rotatable bonds is 7. The van der Waals surface area contributed by atoms with E-state index in [0.29, 0.717) is 17.6 Å². The molecule has 0 radical (unpaired) electrons. The van der Waals surface area contributed by atoms with Crippen molar-refractivity contribution in [2.45, 2.75) is 0 Å². The molecule has 0 N–H and O–H groups in total. The molecule has 0 amide bonds. The van der Waals surface area contributed by atoms with E-state index >= 15 is 0 Å². The maximum atomic E-state index is 11.5. The second kappa shape index (κ2) is 7.01. The summed E-state index contributed by atoms with van der Waals surface area (Å²) in [6, 6.07) is 4.88. The maximum absolute atomic E-state index is 11.5. The number of carbonyl (C=O) groups excluding carboxylic acids is 1. The Morgan fingerprint density at radius 1 is 1.33 bits per heavy atom. The lowest BCUT2D eigenvalue weighted by Crippen LogP contribution is -2.05. The molecule has 0 saturated carbocycles. The smallest absolute Gasteiger partial charge is 0.466 e. The monoisotopic (exact) mass is 338 g/mol. The molecule has 1 aromatic rings. The van der Waals surface area contributed by atoms with E-state index in [1.807, 2.05) is 0 Å². The quantitative estimate of drug-likeness (QED) is 0.432. The van der Waals surface area contributed by atoms with Crippen LogP contribution in [0.15, 0.2) is 22.7 Å². The van der Waals surface area contributed by atoms with Crippen molar-refractivity contribution in [3.05, 3.63) is 28.2 Å². The summed E-state index contributed by atoms with van der Waals surface area (Å²) in [5.41, 5.74) is 0.345. The topological polar surface area (TPSA) is 71.1 Å². The number of hydrogen-bond acceptors (Lipinski definition) is 6. The Kier molecular flexibility index (Phi) is 5.98. The van der Waals surface area contributed by atoms with Crippen LogP contribution in [-0.4, -0.2) is 27.3 Å². The van der Waals surface area contributed by atoms with Gasteiger partial charge in [0.05, 0.1) is 5.56 Å². The van der Waals surface area contributed by atoms with Gasteiger partial charge >= 0.3 is 7.82 Å². The summed E-state index contributed by atoms with van der Waals surface area (Å²) < 4.78 is 31.4. The van der Waals surface area contributed by atoms with Crippen LogP contribution in [0.4, 0.5) is 0 Å². The Balaban J connectivity index is 2.64. The fraction of sp³-hybridized carbons (Fsp3) is 0.300. The van der Waals surface area contributed by atoms with Crippen LogP contribution in [0, 0.1) is 0 Å². The normalized spacial score (nSPS) is 11.3. The van der Waals surface area contributed by atoms with Crippen LogP contribution in [0.25, 0.3) is 0 Å². The summed E-state index contributed by atoms with van der Waals surface area (Å²) in [5, 5.41) is 0. The lowest BCUT2D eigenvalue weighted by atomic mass is 10.2. The van der Waals surface area contributed by atoms with Gasteiger partial charge in [0.1, 0.15) is 5.75 Å². The summed E-state index contributed by atoms with van der Waals surface area (Å²) in [6.07, 6.45) is 0.645. The van der Waals surface area contributed by atoms with Crippen molar-refractivity contribution >= 4 is 30.0 Å². The zero-order chi connectivity index (χ0) is 13.6. The van der Waals surface area contributed by atoms with E-state index in [1.54, 1.807) is 18.2 Å². The lowest BCUT2D eigenvalue weighted by Gasteiger charge is -2.14. The van der Waals surface area contributed by atoms with Gasteiger partial charge in [-0.1, -0.05) is 15.9 Å². The van der Waals surface area contributed by atoms with Crippen molar-refractivity contribution in [3.63, 3.8) is 0 Å². The summed E-state index contributed by atoms with van der Waals surface area (Å²) in [7, 11) is -1.18. The summed E-state index contributed by atoms with van der Waals surface area (Å²) >= 11 is 3.23. The summed E-state index contributed by atoms with van der Waals surface area (Å²) in [5.74, 6) is 0.312. The second-order valence-corrected chi connectivity index (χ2v) is 5.80. The fourth-order valence-electron chi connectivity index (χ4n) is 1.08. The van der Waals surface area contributed by atoms with Crippen LogP contribution in [-0.2, 0) is 18.1 Å². The van der Waals surface area contributed by atoms with Gasteiger partial charge in [-0.3, -0.25) is 13.8 Å². The van der Waals surface area contributed by atoms with E-state index in [2.05, 4.69) is 25.0 Å². The molecular formula is C10H12BrO6P. The average Bonchev–Trinajstić information content (AvgIpc) is 2.40. The molecule has 0 aromatic heterocycles. The Morgan fingerprint density at radius 3 is 2.56 bits per heavy atom. The van der Waals surface area contributed by atoms with E-state index in [-0.39, 0.29) is 6.79 Å². The van der Waals surface area contributed by atoms with Gasteiger partial charge in [-0.25, -0.2) is 9.09 Å². The standard InChI is InChI=1S/C10H12BrO6P/c1-14-18(13,15-2)17-7-16-10-4-3-9(11)5-8(10)6-12/h3-6H,7H2,1-2H3. The van der Waals surface area contributed by atoms with Gasteiger partial charge in [-0.05, 0) is 18.2 Å². The minimum absolute atomic E-state index is 0.312. The molecule has 1 rings (SSSR count). The molecule has 0 atom stereocenters. The van der Waals surface area contributed by atoms with Crippen LogP contribution in [0.1, 0.15) is 10.4 Å². The van der Waals surface area contributed by atoms with E-state index in [4.69, 9.17) is 9.26 Å². The molecule has 6 nitrogen and oxygen atoms in total. The first kappa shape index (κ1) is 15.3. The first-order valence-electron chi connectivity index (χ1n) is 4.78. The molecular weight excluding hydrogens is 327 g/mol. The highest BCUT2D eigenvalue weighted by atomic mass is 79.9. The molecule has 0 heterocycles. The van der Waals surface area contributed by atoms with Crippen LogP contribution < -0.4 is 4.74 Å². The van der Waals surface area contributed by atoms with Gasteiger partial charge in [0, 0.05) is 18.7 Å². The molecule has 0 aliphatic heterocycles. The average molecular weight is 339 g/mol. The van der Waals surface area contributed by atoms with Gasteiger partial charge < -0.3 is 4.74 Å². The Hall–Kier alpha value is -0.720. The molecule has 0 fully saturated rings. The molecule has 100 valence electrons. The number of phosphoric acid groups is 1. The first-order valence-corrected chi connectivity index (χ1v) is 7.03. The van der Waals surface area contributed by atoms with Crippen LogP contribution in [0.2, 0.25) is 0 Å². The molecule has 18 heavy (non-hydrogen) atoms. The lowest BCUT2D eigenvalue weighted by molar-refractivity contribution is 0.0662. The molecule has 0 saturated heterocycles. The third-order valence-corrected chi connectivity index (χ3v) is 3.78. The van der Waals surface area contributed by atoms with Crippen molar-refractivity contribution in [2.75, 3.05) is 21.0 Å². The molecule has 0 aliphatic carbocycles. The molecule has 0 unspecified atom stereocenters. The number of halogens is 1. The van der Waals surface area contributed by atoms with Gasteiger partial charge in [0.15, 0.2) is 13.1 Å². The highest BCUT2D eigenvalue weighted by molar-refractivity contribution is 9.10. The van der Waals surface area contributed by atoms with Gasteiger partial charge in [-0.2, -0.15) is 0 Å². The van der Waals surface area contributed by atoms with E-state index in [9.17, 15) is 9.36 Å². The van der Waals surface area contributed by atoms with E-state index < -0.39 is 7.82 Å². The van der Waals surface area contributed by atoms with E-state index in [0.717, 1.165) is 4.47 Å². The summed E-state index contributed by atoms with van der Waals surface area (Å²) in [6.45, 7) is -0.360. The predicted molar refractivity (Wildman–Crippen MR) is 67.7 cm³/mol. The Bertz CT molecular complexity index is 456. The minimum Gasteiger partial charge on any atom is -0.466 e. The third kappa shape index (κ3) is 4.19. The number of ether oxygens (including phenoxy) is 1. The van der Waals surface area contributed by atoms with Crippen LogP contribution in [0.3, 0.4) is 0 Å². The van der Waals surface area contributed by atoms with Gasteiger partial charge in [0.2, 0.25) is 0 Å². The number of carbonyl (C=O) groups is 1. The maximum Gasteiger partial charge on any atom is 0.477 e. The third-order valence-electron chi connectivity index (χ3n) is 1.97. The van der Waals surface area contributed by atoms with Gasteiger partial charge in [0.25, 0.3) is 0 Å². The molecule has 0 spiro atoms. The Labute approximate surface area is 113 Å². The van der Waals surface area contributed by atoms with Gasteiger partial charge in [-0.15, -0.1) is 0 Å². The predicted octanol–water partition coefficient (Wildman–Crippen LogP) is 3.02. The number of aldehydes is 1. The van der Waals surface area contributed by atoms with Crippen LogP contribution >= 0.6 is 23.8 Å². The molecule has 8 heteroatoms. The molecule has 0 aliphatic rings. The van der Waals surface area contributed by atoms with Crippen molar-refractivity contribution < 1.29 is 27.7 Å². The van der Waals surface area contributed by atoms with Crippen molar-refractivity contribution in [1.29, 1.82) is 0 Å². The van der Waals surface area contributed by atoms with E-state index in [1.165, 1.54) is 14.2 Å². The number of hydrogen-bond donors (Lipinski definition) is 0. The fourth-order valence-corrected chi connectivity index (χ4v) is 2.00.